The molecule has 1 amide bonds. The fourth-order valence-corrected chi connectivity index (χ4v) is 5.87. The maximum atomic E-state index is 13.4. The second-order valence-corrected chi connectivity index (χ2v) is 9.62. The number of carbonyl (C=O) groups is 1. The fourth-order valence-electron chi connectivity index (χ4n) is 4.13. The predicted molar refractivity (Wildman–Crippen MR) is 123 cm³/mol. The van der Waals surface area contributed by atoms with E-state index >= 15 is 0 Å². The summed E-state index contributed by atoms with van der Waals surface area (Å²) in [7, 11) is -3.85. The molecule has 0 saturated heterocycles. The van der Waals surface area contributed by atoms with E-state index in [1.807, 2.05) is 25.1 Å². The van der Waals surface area contributed by atoms with Crippen LogP contribution in [0.3, 0.4) is 0 Å². The van der Waals surface area contributed by atoms with Crippen LogP contribution in [0.1, 0.15) is 22.8 Å². The first-order valence-electron chi connectivity index (χ1n) is 10.1. The van der Waals surface area contributed by atoms with E-state index in [4.69, 9.17) is 0 Å². The number of benzene rings is 3. The van der Waals surface area contributed by atoms with Crippen molar-refractivity contribution >= 4 is 38.3 Å². The first kappa shape index (κ1) is 20.1. The van der Waals surface area contributed by atoms with E-state index in [1.165, 1.54) is 16.4 Å². The van der Waals surface area contributed by atoms with Gasteiger partial charge in [-0.05, 0) is 61.4 Å². The topological polar surface area (TPSA) is 115 Å². The SMILES string of the molecule is C[C@@H]1Cc2ccccc2N1S(=O)(=O)c1cccc(C(=O)Nc2ccc3[nH]c(=O)[nH]c3c2)c1. The van der Waals surface area contributed by atoms with Crippen molar-refractivity contribution in [2.45, 2.75) is 24.3 Å². The van der Waals surface area contributed by atoms with Crippen LogP contribution >= 0.6 is 0 Å². The molecule has 3 aromatic carbocycles. The van der Waals surface area contributed by atoms with Gasteiger partial charge in [0.25, 0.3) is 15.9 Å². The van der Waals surface area contributed by atoms with Crippen LogP contribution in [0.15, 0.2) is 76.4 Å². The number of aromatic nitrogens is 2. The molecule has 3 N–H and O–H groups in total. The maximum absolute atomic E-state index is 13.4. The number of para-hydroxylation sites is 1. The van der Waals surface area contributed by atoms with E-state index < -0.39 is 15.9 Å². The number of aromatic amines is 2. The van der Waals surface area contributed by atoms with Crippen LogP contribution in [0.25, 0.3) is 11.0 Å². The number of anilines is 2. The molecule has 0 unspecified atom stereocenters. The number of carbonyl (C=O) groups excluding carboxylic acids is 1. The summed E-state index contributed by atoms with van der Waals surface area (Å²) in [6.07, 6.45) is 0.638. The summed E-state index contributed by atoms with van der Waals surface area (Å²) >= 11 is 0. The van der Waals surface area contributed by atoms with E-state index in [1.54, 1.807) is 36.4 Å². The van der Waals surface area contributed by atoms with E-state index in [2.05, 4.69) is 15.3 Å². The third-order valence-electron chi connectivity index (χ3n) is 5.57. The highest BCUT2D eigenvalue weighted by molar-refractivity contribution is 7.92. The standard InChI is InChI=1S/C23H20N4O4S/c1-14-11-15-5-2-3-8-21(15)27(14)32(30,31)18-7-4-6-16(12-18)22(28)24-17-9-10-19-20(13-17)26-23(29)25-19/h2-10,12-14H,11H2,1H3,(H,24,28)(H2,25,26,29)/t14-/m1/s1. The Labute approximate surface area is 184 Å². The molecule has 9 heteroatoms. The molecule has 4 aromatic rings. The first-order valence-corrected chi connectivity index (χ1v) is 11.5. The minimum Gasteiger partial charge on any atom is -0.322 e. The number of hydrogen-bond donors (Lipinski definition) is 3. The van der Waals surface area contributed by atoms with Crippen LogP contribution in [0.2, 0.25) is 0 Å². The molecule has 0 radical (unpaired) electrons. The fraction of sp³-hybridized carbons (Fsp3) is 0.130. The number of nitrogens with zero attached hydrogens (tertiary/aromatic N) is 1. The van der Waals surface area contributed by atoms with Crippen molar-refractivity contribution in [1.29, 1.82) is 0 Å². The molecule has 1 atom stereocenters. The average molecular weight is 449 g/mol. The molecular weight excluding hydrogens is 428 g/mol. The molecule has 2 heterocycles. The highest BCUT2D eigenvalue weighted by atomic mass is 32.2. The van der Waals surface area contributed by atoms with Crippen molar-refractivity contribution in [3.63, 3.8) is 0 Å². The number of imidazole rings is 1. The lowest BCUT2D eigenvalue weighted by Crippen LogP contribution is -2.35. The van der Waals surface area contributed by atoms with Gasteiger partial charge >= 0.3 is 5.69 Å². The first-order chi connectivity index (χ1) is 15.3. The second kappa shape index (κ2) is 7.38. The largest absolute Gasteiger partial charge is 0.323 e. The number of nitrogens with one attached hydrogen (secondary N) is 3. The van der Waals surface area contributed by atoms with Gasteiger partial charge in [-0.15, -0.1) is 0 Å². The Morgan fingerprint density at radius 2 is 1.78 bits per heavy atom. The summed E-state index contributed by atoms with van der Waals surface area (Å²) in [5.74, 6) is -0.450. The molecule has 5 rings (SSSR count). The van der Waals surface area contributed by atoms with Gasteiger partial charge in [-0.25, -0.2) is 13.2 Å². The number of fused-ring (bicyclic) bond motifs is 2. The van der Waals surface area contributed by atoms with Gasteiger partial charge in [0.05, 0.1) is 21.6 Å². The maximum Gasteiger partial charge on any atom is 0.323 e. The minimum atomic E-state index is -3.85. The summed E-state index contributed by atoms with van der Waals surface area (Å²) in [4.78, 5) is 29.6. The molecule has 0 aliphatic carbocycles. The quantitative estimate of drug-likeness (QED) is 0.444. The minimum absolute atomic E-state index is 0.0547. The zero-order valence-corrected chi connectivity index (χ0v) is 17.9. The molecule has 162 valence electrons. The van der Waals surface area contributed by atoms with Crippen molar-refractivity contribution in [2.75, 3.05) is 9.62 Å². The molecular formula is C23H20N4O4S. The molecule has 0 bridgehead atoms. The van der Waals surface area contributed by atoms with Crippen molar-refractivity contribution < 1.29 is 13.2 Å². The zero-order chi connectivity index (χ0) is 22.5. The van der Waals surface area contributed by atoms with Gasteiger partial charge in [-0.2, -0.15) is 0 Å². The highest BCUT2D eigenvalue weighted by Crippen LogP contribution is 2.36. The van der Waals surface area contributed by atoms with Gasteiger partial charge in [0.15, 0.2) is 0 Å². The summed E-state index contributed by atoms with van der Waals surface area (Å²) in [5, 5.41) is 2.75. The molecule has 1 aromatic heterocycles. The van der Waals surface area contributed by atoms with Gasteiger partial charge in [0.1, 0.15) is 0 Å². The number of amides is 1. The Bertz CT molecular complexity index is 1520. The molecule has 0 spiro atoms. The Morgan fingerprint density at radius 1 is 1.00 bits per heavy atom. The number of rotatable bonds is 4. The van der Waals surface area contributed by atoms with Gasteiger partial charge < -0.3 is 15.3 Å². The van der Waals surface area contributed by atoms with Gasteiger partial charge in [0, 0.05) is 17.3 Å². The Balaban J connectivity index is 1.44. The number of sulfonamides is 1. The Hall–Kier alpha value is -3.85. The molecule has 1 aliphatic rings. The van der Waals surface area contributed by atoms with Crippen LogP contribution in [-0.2, 0) is 16.4 Å². The van der Waals surface area contributed by atoms with Crippen LogP contribution in [0.5, 0.6) is 0 Å². The van der Waals surface area contributed by atoms with Gasteiger partial charge in [0.2, 0.25) is 0 Å². The Morgan fingerprint density at radius 3 is 2.62 bits per heavy atom. The third kappa shape index (κ3) is 3.36. The lowest BCUT2D eigenvalue weighted by Gasteiger charge is -2.24. The molecule has 32 heavy (non-hydrogen) atoms. The van der Waals surface area contributed by atoms with Crippen molar-refractivity contribution in [1.82, 2.24) is 9.97 Å². The Kier molecular flexibility index (Phi) is 4.63. The molecule has 0 saturated carbocycles. The molecule has 0 fully saturated rings. The van der Waals surface area contributed by atoms with Crippen molar-refractivity contribution in [2.24, 2.45) is 0 Å². The number of hydrogen-bond acceptors (Lipinski definition) is 4. The van der Waals surface area contributed by atoms with Crippen LogP contribution < -0.4 is 15.3 Å². The van der Waals surface area contributed by atoms with Gasteiger partial charge in [-0.1, -0.05) is 24.3 Å². The lowest BCUT2D eigenvalue weighted by atomic mass is 10.1. The zero-order valence-electron chi connectivity index (χ0n) is 17.1. The lowest BCUT2D eigenvalue weighted by molar-refractivity contribution is 0.102. The molecule has 1 aliphatic heterocycles. The van der Waals surface area contributed by atoms with Crippen LogP contribution in [0, 0.1) is 0 Å². The summed E-state index contributed by atoms with van der Waals surface area (Å²) in [6, 6.07) is 18.2. The van der Waals surface area contributed by atoms with Gasteiger partial charge in [-0.3, -0.25) is 9.10 Å². The monoisotopic (exact) mass is 448 g/mol. The summed E-state index contributed by atoms with van der Waals surface area (Å²) in [6.45, 7) is 1.87. The van der Waals surface area contributed by atoms with Crippen LogP contribution in [-0.4, -0.2) is 30.3 Å². The predicted octanol–water partition coefficient (Wildman–Crippen LogP) is 3.25. The van der Waals surface area contributed by atoms with Crippen molar-refractivity contribution in [3.8, 4) is 0 Å². The number of H-pyrrole nitrogens is 2. The van der Waals surface area contributed by atoms with E-state index in [-0.39, 0.29) is 22.2 Å². The highest BCUT2D eigenvalue weighted by Gasteiger charge is 2.36. The summed E-state index contributed by atoms with van der Waals surface area (Å²) in [5.41, 5.74) is 3.20. The smallest absolute Gasteiger partial charge is 0.322 e. The second-order valence-electron chi connectivity index (χ2n) is 7.80. The van der Waals surface area contributed by atoms with E-state index in [0.717, 1.165) is 5.56 Å². The normalized spacial score (nSPS) is 15.7. The average Bonchev–Trinajstić information content (AvgIpc) is 3.31. The van der Waals surface area contributed by atoms with Crippen molar-refractivity contribution in [3.05, 3.63) is 88.3 Å². The van der Waals surface area contributed by atoms with Crippen LogP contribution in [0.4, 0.5) is 11.4 Å². The van der Waals surface area contributed by atoms with E-state index in [9.17, 15) is 18.0 Å². The third-order valence-corrected chi connectivity index (χ3v) is 7.50. The van der Waals surface area contributed by atoms with E-state index in [0.29, 0.717) is 28.8 Å². The molecule has 8 nitrogen and oxygen atoms in total. The summed E-state index contributed by atoms with van der Waals surface area (Å²) < 4.78 is 28.3.